The highest BCUT2D eigenvalue weighted by Crippen LogP contribution is 2.32. The van der Waals surface area contributed by atoms with Gasteiger partial charge in [0, 0.05) is 19.7 Å². The number of ether oxygens (including phenoxy) is 1. The molecule has 0 bridgehead atoms. The smallest absolute Gasteiger partial charge is 0.226 e. The van der Waals surface area contributed by atoms with Crippen LogP contribution >= 0.6 is 11.6 Å². The van der Waals surface area contributed by atoms with Crippen LogP contribution in [0.2, 0.25) is 5.28 Å². The van der Waals surface area contributed by atoms with Crippen molar-refractivity contribution in [2.24, 2.45) is 0 Å². The van der Waals surface area contributed by atoms with Gasteiger partial charge in [-0.05, 0) is 48.9 Å². The van der Waals surface area contributed by atoms with Gasteiger partial charge in [0.2, 0.25) is 5.28 Å². The maximum absolute atomic E-state index is 10.00. The molecule has 2 aromatic heterocycles. The standard InChI is InChI=1S/C11H13ClN4O2.C10H12O.C2H2.CH4O/c12-11-14-9(13)7-3-4-16(10(7)15-11)8-2-1-6(5-17)18-8;11-9-5-4-8-10-6-2-1-3-7-10;2*1-2/h3-4,6,8,17H,1-2,5H2,(H2,13,14,15);1-3,6-7,9H,4-5,8H2;1-2H;2H,1H3. The van der Waals surface area contributed by atoms with Gasteiger partial charge >= 0.3 is 0 Å². The fourth-order valence-corrected chi connectivity index (χ4v) is 3.49. The summed E-state index contributed by atoms with van der Waals surface area (Å²) in [7, 11) is 1.00. The number of aldehydes is 1. The number of fused-ring (bicyclic) bond motifs is 1. The quantitative estimate of drug-likeness (QED) is 0.216. The van der Waals surface area contributed by atoms with Gasteiger partial charge in [-0.1, -0.05) is 30.3 Å². The molecule has 2 atom stereocenters. The summed E-state index contributed by atoms with van der Waals surface area (Å²) in [5, 5.41) is 17.0. The molecular weight excluding hydrogens is 444 g/mol. The molecule has 0 amide bonds. The Morgan fingerprint density at radius 3 is 2.52 bits per heavy atom. The summed E-state index contributed by atoms with van der Waals surface area (Å²) >= 11 is 5.82. The Balaban J connectivity index is 0.000000313. The lowest BCUT2D eigenvalue weighted by Gasteiger charge is -2.14. The molecule has 0 saturated carbocycles. The van der Waals surface area contributed by atoms with Crippen molar-refractivity contribution in [2.75, 3.05) is 19.5 Å². The van der Waals surface area contributed by atoms with Crippen LogP contribution in [0.3, 0.4) is 0 Å². The van der Waals surface area contributed by atoms with Crippen LogP contribution in [0.25, 0.3) is 11.0 Å². The summed E-state index contributed by atoms with van der Waals surface area (Å²) in [6.07, 6.45) is 14.9. The first kappa shape index (κ1) is 28.1. The minimum atomic E-state index is -0.134. The van der Waals surface area contributed by atoms with E-state index in [9.17, 15) is 4.79 Å². The summed E-state index contributed by atoms with van der Waals surface area (Å²) in [6.45, 7) is 0.0353. The van der Waals surface area contributed by atoms with Crippen LogP contribution in [0.5, 0.6) is 0 Å². The number of anilines is 1. The maximum atomic E-state index is 10.00. The highest BCUT2D eigenvalue weighted by Gasteiger charge is 2.27. The number of benzene rings is 1. The summed E-state index contributed by atoms with van der Waals surface area (Å²) in [5.41, 5.74) is 7.77. The topological polar surface area (TPSA) is 123 Å². The molecule has 8 nitrogen and oxygen atoms in total. The molecule has 1 aromatic carbocycles. The number of nitrogen functional groups attached to an aromatic ring is 1. The zero-order chi connectivity index (χ0) is 24.6. The van der Waals surface area contributed by atoms with Gasteiger partial charge in [-0.3, -0.25) is 0 Å². The fourth-order valence-electron chi connectivity index (χ4n) is 3.32. The van der Waals surface area contributed by atoms with E-state index in [2.05, 4.69) is 34.9 Å². The van der Waals surface area contributed by atoms with Crippen molar-refractivity contribution in [3.8, 4) is 12.8 Å². The Morgan fingerprint density at radius 1 is 1.21 bits per heavy atom. The number of rotatable bonds is 6. The molecule has 1 aliphatic rings. The third-order valence-electron chi connectivity index (χ3n) is 4.80. The number of hydrogen-bond acceptors (Lipinski definition) is 7. The Hall–Kier alpha value is -2.96. The molecule has 0 spiro atoms. The number of halogens is 1. The van der Waals surface area contributed by atoms with Crippen molar-refractivity contribution in [3.63, 3.8) is 0 Å². The van der Waals surface area contributed by atoms with Gasteiger partial charge in [0.1, 0.15) is 24.0 Å². The molecule has 178 valence electrons. The molecule has 33 heavy (non-hydrogen) atoms. The van der Waals surface area contributed by atoms with Crippen molar-refractivity contribution in [1.29, 1.82) is 0 Å². The molecule has 9 heteroatoms. The maximum Gasteiger partial charge on any atom is 0.226 e. The van der Waals surface area contributed by atoms with E-state index in [0.29, 0.717) is 17.9 Å². The third kappa shape index (κ3) is 8.48. The van der Waals surface area contributed by atoms with Gasteiger partial charge in [0.05, 0.1) is 18.1 Å². The van der Waals surface area contributed by atoms with E-state index in [1.165, 1.54) is 5.56 Å². The highest BCUT2D eigenvalue weighted by molar-refractivity contribution is 6.28. The molecule has 4 rings (SSSR count). The van der Waals surface area contributed by atoms with Crippen LogP contribution in [-0.2, 0) is 16.0 Å². The Labute approximate surface area is 199 Å². The average Bonchev–Trinajstić information content (AvgIpc) is 3.50. The SMILES string of the molecule is C#C.CO.Nc1nc(Cl)nc2c1ccn2C1CCC(CO)O1.O=CCCCc1ccccc1. The summed E-state index contributed by atoms with van der Waals surface area (Å²) < 4.78 is 7.60. The number of unbranched alkanes of at least 4 members (excludes halogenated alkanes) is 1. The molecule has 3 heterocycles. The van der Waals surface area contributed by atoms with Crippen molar-refractivity contribution in [2.45, 2.75) is 44.4 Å². The number of hydrogen-bond donors (Lipinski definition) is 3. The first-order chi connectivity index (χ1) is 16.1. The van der Waals surface area contributed by atoms with Gasteiger partial charge < -0.3 is 30.0 Å². The summed E-state index contributed by atoms with van der Waals surface area (Å²) in [5.74, 6) is 0.362. The van der Waals surface area contributed by atoms with E-state index in [1.807, 2.05) is 35.0 Å². The Kier molecular flexibility index (Phi) is 13.4. The van der Waals surface area contributed by atoms with E-state index in [-0.39, 0.29) is 24.2 Å². The number of carbonyl (C=O) groups is 1. The van der Waals surface area contributed by atoms with E-state index < -0.39 is 0 Å². The van der Waals surface area contributed by atoms with Crippen molar-refractivity contribution >= 4 is 34.7 Å². The Bertz CT molecular complexity index is 979. The Morgan fingerprint density at radius 2 is 1.91 bits per heavy atom. The van der Waals surface area contributed by atoms with Gasteiger partial charge in [-0.25, -0.2) is 4.98 Å². The first-order valence-corrected chi connectivity index (χ1v) is 10.8. The number of carbonyl (C=O) groups excluding carboxylic acids is 1. The van der Waals surface area contributed by atoms with Crippen molar-refractivity contribution in [3.05, 3.63) is 53.4 Å². The highest BCUT2D eigenvalue weighted by atomic mass is 35.5. The van der Waals surface area contributed by atoms with E-state index in [4.69, 9.17) is 32.3 Å². The molecule has 1 aliphatic heterocycles. The molecule has 2 unspecified atom stereocenters. The number of aliphatic hydroxyl groups is 2. The minimum Gasteiger partial charge on any atom is -0.400 e. The van der Waals surface area contributed by atoms with Gasteiger partial charge in [-0.2, -0.15) is 4.98 Å². The molecule has 0 aliphatic carbocycles. The largest absolute Gasteiger partial charge is 0.400 e. The van der Waals surface area contributed by atoms with E-state index in [0.717, 1.165) is 44.5 Å². The average molecular weight is 475 g/mol. The predicted molar refractivity (Wildman–Crippen MR) is 131 cm³/mol. The number of aromatic nitrogens is 3. The van der Waals surface area contributed by atoms with Gasteiger partial charge in [0.15, 0.2) is 0 Å². The lowest BCUT2D eigenvalue weighted by atomic mass is 10.1. The second-order valence-corrected chi connectivity index (χ2v) is 7.19. The number of nitrogens with two attached hydrogens (primary N) is 1. The minimum absolute atomic E-state index is 0.0353. The lowest BCUT2D eigenvalue weighted by molar-refractivity contribution is -0.107. The van der Waals surface area contributed by atoms with Crippen LogP contribution in [0, 0.1) is 12.8 Å². The van der Waals surface area contributed by atoms with Crippen molar-refractivity contribution in [1.82, 2.24) is 14.5 Å². The predicted octanol–water partition coefficient (Wildman–Crippen LogP) is 3.40. The van der Waals surface area contributed by atoms with Gasteiger partial charge in [-0.15, -0.1) is 12.8 Å². The van der Waals surface area contributed by atoms with Crippen molar-refractivity contribution < 1.29 is 19.7 Å². The number of aliphatic hydroxyl groups excluding tert-OH is 2. The molecule has 0 radical (unpaired) electrons. The van der Waals surface area contributed by atoms with Crippen LogP contribution < -0.4 is 5.73 Å². The van der Waals surface area contributed by atoms with E-state index >= 15 is 0 Å². The van der Waals surface area contributed by atoms with Gasteiger partial charge in [0.25, 0.3) is 0 Å². The second-order valence-electron chi connectivity index (χ2n) is 6.86. The number of terminal acetylenes is 1. The number of nitrogens with zero attached hydrogens (tertiary/aromatic N) is 3. The van der Waals surface area contributed by atoms with Crippen LogP contribution in [0.15, 0.2) is 42.6 Å². The van der Waals surface area contributed by atoms with E-state index in [1.54, 1.807) is 0 Å². The zero-order valence-electron chi connectivity index (χ0n) is 18.7. The third-order valence-corrected chi connectivity index (χ3v) is 4.97. The van der Waals surface area contributed by atoms with Crippen LogP contribution in [0.4, 0.5) is 5.82 Å². The van der Waals surface area contributed by atoms with Crippen LogP contribution in [0.1, 0.15) is 37.5 Å². The molecule has 3 aromatic rings. The monoisotopic (exact) mass is 474 g/mol. The first-order valence-electron chi connectivity index (χ1n) is 10.4. The number of aryl methyl sites for hydroxylation is 1. The van der Waals surface area contributed by atoms with Crippen LogP contribution in [-0.4, -0.2) is 50.9 Å². The summed E-state index contributed by atoms with van der Waals surface area (Å²) in [6, 6.07) is 12.1. The normalized spacial score (nSPS) is 16.4. The fraction of sp³-hybridized carbons (Fsp3) is 0.375. The molecule has 1 saturated heterocycles. The second kappa shape index (κ2) is 15.8. The summed E-state index contributed by atoms with van der Waals surface area (Å²) in [4.78, 5) is 18.1. The molecule has 1 fully saturated rings. The molecule has 4 N–H and O–H groups in total. The molecular formula is C24H31ClN4O4. The zero-order valence-corrected chi connectivity index (χ0v) is 19.4. The lowest BCUT2D eigenvalue weighted by Crippen LogP contribution is -2.14.